The Balaban J connectivity index is 1.20. The number of rotatable bonds is 6. The van der Waals surface area contributed by atoms with Gasteiger partial charge in [-0.15, -0.1) is 0 Å². The number of nitrogens with one attached hydrogen (secondary N) is 1. The number of carbonyl (C=O) groups excluding carboxylic acids is 1. The molecule has 3 aromatic heterocycles. The van der Waals surface area contributed by atoms with Crippen LogP contribution in [-0.2, 0) is 17.9 Å². The number of imidazole rings is 1. The van der Waals surface area contributed by atoms with Crippen molar-refractivity contribution in [2.24, 2.45) is 0 Å². The van der Waals surface area contributed by atoms with E-state index in [1.165, 1.54) is 4.57 Å². The van der Waals surface area contributed by atoms with Crippen LogP contribution >= 0.6 is 0 Å². The summed E-state index contributed by atoms with van der Waals surface area (Å²) in [4.78, 5) is 33.1. The number of oxazole rings is 1. The predicted molar refractivity (Wildman–Crippen MR) is 116 cm³/mol. The summed E-state index contributed by atoms with van der Waals surface area (Å²) in [5.41, 5.74) is 3.98. The van der Waals surface area contributed by atoms with E-state index in [1.54, 1.807) is 30.7 Å². The van der Waals surface area contributed by atoms with Crippen LogP contribution in [0.25, 0.3) is 28.0 Å². The first-order valence-electron chi connectivity index (χ1n) is 9.91. The minimum atomic E-state index is -0.458. The summed E-state index contributed by atoms with van der Waals surface area (Å²) in [7, 11) is 0. The van der Waals surface area contributed by atoms with Crippen molar-refractivity contribution in [2.75, 3.05) is 0 Å². The minimum Gasteiger partial charge on any atom is -0.408 e. The highest BCUT2D eigenvalue weighted by molar-refractivity contribution is 5.77. The van der Waals surface area contributed by atoms with E-state index in [4.69, 9.17) is 4.42 Å². The molecule has 0 aliphatic rings. The fraction of sp³-hybridized carbons (Fsp3) is 0.130. The van der Waals surface area contributed by atoms with E-state index in [2.05, 4.69) is 15.3 Å². The van der Waals surface area contributed by atoms with Gasteiger partial charge in [0.1, 0.15) is 12.1 Å². The molecule has 0 spiro atoms. The van der Waals surface area contributed by atoms with Crippen molar-refractivity contribution >= 4 is 28.0 Å². The third-order valence-corrected chi connectivity index (χ3v) is 5.14. The van der Waals surface area contributed by atoms with Crippen molar-refractivity contribution < 1.29 is 9.21 Å². The van der Waals surface area contributed by atoms with Crippen molar-refractivity contribution in [1.29, 1.82) is 0 Å². The Bertz CT molecular complexity index is 1430. The Morgan fingerprint density at radius 1 is 0.968 bits per heavy atom. The monoisotopic (exact) mass is 413 g/mol. The molecule has 5 rings (SSSR count). The third-order valence-electron chi connectivity index (χ3n) is 5.14. The van der Waals surface area contributed by atoms with E-state index in [9.17, 15) is 9.59 Å². The second-order valence-electron chi connectivity index (χ2n) is 7.14. The highest BCUT2D eigenvalue weighted by atomic mass is 16.4. The molecule has 31 heavy (non-hydrogen) atoms. The van der Waals surface area contributed by atoms with Crippen LogP contribution in [0, 0.1) is 0 Å². The molecule has 1 N–H and O–H groups in total. The van der Waals surface area contributed by atoms with Crippen LogP contribution in [0.2, 0.25) is 0 Å². The van der Waals surface area contributed by atoms with Gasteiger partial charge in [0.05, 0.1) is 16.6 Å². The highest BCUT2D eigenvalue weighted by Crippen LogP contribution is 2.16. The van der Waals surface area contributed by atoms with E-state index in [1.807, 2.05) is 47.0 Å². The molecule has 0 atom stereocenters. The average molecular weight is 413 g/mol. The first-order chi connectivity index (χ1) is 15.2. The number of aryl methyl sites for hydroxylation is 1. The van der Waals surface area contributed by atoms with E-state index in [0.29, 0.717) is 17.6 Å². The summed E-state index contributed by atoms with van der Waals surface area (Å²) in [6.07, 6.45) is 3.66. The maximum absolute atomic E-state index is 12.3. The van der Waals surface area contributed by atoms with Gasteiger partial charge in [-0.2, -0.15) is 0 Å². The molecule has 0 saturated carbocycles. The molecule has 0 radical (unpaired) electrons. The lowest BCUT2D eigenvalue weighted by atomic mass is 10.2. The van der Waals surface area contributed by atoms with Crippen molar-refractivity contribution in [3.8, 4) is 5.82 Å². The van der Waals surface area contributed by atoms with Gasteiger partial charge in [0.15, 0.2) is 5.58 Å². The quantitative estimate of drug-likeness (QED) is 0.462. The molecule has 0 bridgehead atoms. The Hall–Kier alpha value is -4.20. The normalized spacial score (nSPS) is 11.2. The average Bonchev–Trinajstić information content (AvgIpc) is 3.37. The smallest absolute Gasteiger partial charge is 0.408 e. The summed E-state index contributed by atoms with van der Waals surface area (Å²) in [6, 6.07) is 18.8. The zero-order valence-electron chi connectivity index (χ0n) is 16.6. The summed E-state index contributed by atoms with van der Waals surface area (Å²) in [5, 5.41) is 2.87. The van der Waals surface area contributed by atoms with Gasteiger partial charge in [-0.1, -0.05) is 30.3 Å². The molecular weight excluding hydrogens is 394 g/mol. The second-order valence-corrected chi connectivity index (χ2v) is 7.14. The van der Waals surface area contributed by atoms with Crippen LogP contribution in [0.3, 0.4) is 0 Å². The molecule has 0 aliphatic carbocycles. The molecule has 2 aromatic carbocycles. The number of pyridine rings is 1. The molecule has 0 fully saturated rings. The van der Waals surface area contributed by atoms with Crippen molar-refractivity contribution in [3.63, 3.8) is 0 Å². The summed E-state index contributed by atoms with van der Waals surface area (Å²) >= 11 is 0. The van der Waals surface area contributed by atoms with Gasteiger partial charge in [0, 0.05) is 25.7 Å². The van der Waals surface area contributed by atoms with E-state index in [-0.39, 0.29) is 18.9 Å². The van der Waals surface area contributed by atoms with Gasteiger partial charge in [0.25, 0.3) is 0 Å². The van der Waals surface area contributed by atoms with Crippen LogP contribution in [0.15, 0.2) is 82.4 Å². The van der Waals surface area contributed by atoms with E-state index >= 15 is 0 Å². The number of fused-ring (bicyclic) bond motifs is 2. The lowest BCUT2D eigenvalue weighted by molar-refractivity contribution is -0.121. The number of amides is 1. The van der Waals surface area contributed by atoms with Gasteiger partial charge >= 0.3 is 5.76 Å². The Morgan fingerprint density at radius 3 is 2.61 bits per heavy atom. The molecule has 154 valence electrons. The van der Waals surface area contributed by atoms with Crippen LogP contribution < -0.4 is 11.1 Å². The summed E-state index contributed by atoms with van der Waals surface area (Å²) in [6.45, 7) is 0.615. The lowest BCUT2D eigenvalue weighted by Gasteiger charge is -2.07. The molecule has 5 aromatic rings. The number of hydrogen-bond acceptors (Lipinski definition) is 5. The molecule has 8 heteroatoms. The Morgan fingerprint density at radius 2 is 1.77 bits per heavy atom. The van der Waals surface area contributed by atoms with Crippen LogP contribution in [0.5, 0.6) is 0 Å². The molecule has 0 aliphatic heterocycles. The zero-order valence-corrected chi connectivity index (χ0v) is 16.6. The molecule has 0 unspecified atom stereocenters. The van der Waals surface area contributed by atoms with Gasteiger partial charge in [-0.05, 0) is 35.9 Å². The number of aromatic nitrogens is 4. The van der Waals surface area contributed by atoms with Crippen LogP contribution in [-0.4, -0.2) is 25.0 Å². The van der Waals surface area contributed by atoms with Crippen molar-refractivity contribution in [1.82, 2.24) is 24.4 Å². The fourth-order valence-corrected chi connectivity index (χ4v) is 3.53. The predicted octanol–water partition coefficient (Wildman–Crippen LogP) is 3.03. The SMILES string of the molecule is O=C(CCn1c(=O)oc2ccccc21)NCc1ccc(-n2cnc3ccccc32)nc1. The van der Waals surface area contributed by atoms with Gasteiger partial charge in [-0.3, -0.25) is 13.9 Å². The van der Waals surface area contributed by atoms with E-state index < -0.39 is 5.76 Å². The fourth-order valence-electron chi connectivity index (χ4n) is 3.53. The number of hydrogen-bond donors (Lipinski definition) is 1. The maximum atomic E-state index is 12.3. The molecule has 8 nitrogen and oxygen atoms in total. The van der Waals surface area contributed by atoms with Gasteiger partial charge in [-0.25, -0.2) is 14.8 Å². The topological polar surface area (TPSA) is 94.9 Å². The van der Waals surface area contributed by atoms with Gasteiger partial charge in [0.2, 0.25) is 5.91 Å². The molecule has 1 amide bonds. The third kappa shape index (κ3) is 3.71. The zero-order chi connectivity index (χ0) is 21.2. The molecule has 3 heterocycles. The van der Waals surface area contributed by atoms with Crippen molar-refractivity contribution in [2.45, 2.75) is 19.5 Å². The maximum Gasteiger partial charge on any atom is 0.419 e. The van der Waals surface area contributed by atoms with Crippen LogP contribution in [0.4, 0.5) is 0 Å². The number of nitrogens with zero attached hydrogens (tertiary/aromatic N) is 4. The van der Waals surface area contributed by atoms with Crippen molar-refractivity contribution in [3.05, 3.63) is 89.3 Å². The number of para-hydroxylation sites is 4. The van der Waals surface area contributed by atoms with E-state index in [0.717, 1.165) is 22.4 Å². The number of carbonyl (C=O) groups is 1. The summed E-state index contributed by atoms with van der Waals surface area (Å²) in [5.74, 6) is 0.151. The summed E-state index contributed by atoms with van der Waals surface area (Å²) < 4.78 is 8.58. The Labute approximate surface area is 176 Å². The lowest BCUT2D eigenvalue weighted by Crippen LogP contribution is -2.25. The van der Waals surface area contributed by atoms with Crippen LogP contribution in [0.1, 0.15) is 12.0 Å². The second kappa shape index (κ2) is 7.91. The molecule has 0 saturated heterocycles. The van der Waals surface area contributed by atoms with Gasteiger partial charge < -0.3 is 9.73 Å². The molecular formula is C23H19N5O3. The Kier molecular flexibility index (Phi) is 4.80. The minimum absolute atomic E-state index is 0.151. The standard InChI is InChI=1S/C23H19N5O3/c29-22(11-12-27-19-7-3-4-8-20(19)31-23(27)30)25-14-16-9-10-21(24-13-16)28-15-26-17-5-1-2-6-18(17)28/h1-10,13,15H,11-12,14H2,(H,25,29). The highest BCUT2D eigenvalue weighted by Gasteiger charge is 2.10. The first kappa shape index (κ1) is 18.8. The number of benzene rings is 2. The first-order valence-corrected chi connectivity index (χ1v) is 9.91. The largest absolute Gasteiger partial charge is 0.419 e.